The van der Waals surface area contributed by atoms with E-state index >= 15 is 0 Å². The molecule has 1 aromatic heterocycles. The van der Waals surface area contributed by atoms with Crippen molar-refractivity contribution >= 4 is 11.6 Å². The van der Waals surface area contributed by atoms with E-state index in [2.05, 4.69) is 37.6 Å². The van der Waals surface area contributed by atoms with Gasteiger partial charge in [-0.25, -0.2) is 0 Å². The van der Waals surface area contributed by atoms with E-state index in [0.29, 0.717) is 0 Å². The topological polar surface area (TPSA) is 15.8 Å². The molecular weight excluding hydrogens is 158 g/mol. The van der Waals surface area contributed by atoms with E-state index in [1.165, 1.54) is 16.1 Å². The smallest absolute Gasteiger partial charge is 0.0415 e. The van der Waals surface area contributed by atoms with Crippen LogP contribution in [-0.4, -0.2) is 4.98 Å². The summed E-state index contributed by atoms with van der Waals surface area (Å²) in [6.45, 7) is 7.96. The summed E-state index contributed by atoms with van der Waals surface area (Å²) >= 11 is 0. The lowest BCUT2D eigenvalue weighted by Gasteiger charge is -1.86. The predicted molar refractivity (Wildman–Crippen MR) is 60.8 cm³/mol. The minimum Gasteiger partial charge on any atom is -0.361 e. The summed E-state index contributed by atoms with van der Waals surface area (Å²) in [5.74, 6) is 0. The summed E-state index contributed by atoms with van der Waals surface area (Å²) in [5.41, 5.74) is 1.22. The Hall–Kier alpha value is -1.24. The highest BCUT2D eigenvalue weighted by atomic mass is 14.6. The van der Waals surface area contributed by atoms with Gasteiger partial charge in [-0.15, -0.1) is 0 Å². The Balaban J connectivity index is 0.00000144. The number of nitrogens with one attached hydrogen (secondary N) is 1. The van der Waals surface area contributed by atoms with Crippen molar-refractivity contribution in [3.63, 3.8) is 0 Å². The van der Waals surface area contributed by atoms with Gasteiger partial charge in [-0.3, -0.25) is 0 Å². The SMILES string of the molecule is C.C=C/C(C)=c1/cc[nH]/c1=C/CC. The van der Waals surface area contributed by atoms with Gasteiger partial charge in [-0.2, -0.15) is 0 Å². The summed E-state index contributed by atoms with van der Waals surface area (Å²) in [4.78, 5) is 3.20. The molecule has 0 aliphatic rings. The van der Waals surface area contributed by atoms with E-state index in [-0.39, 0.29) is 7.43 Å². The fraction of sp³-hybridized carbons (Fsp3) is 0.333. The second kappa shape index (κ2) is 5.41. The molecule has 0 aliphatic carbocycles. The Morgan fingerprint density at radius 1 is 1.62 bits per heavy atom. The Kier molecular flexibility index (Phi) is 4.90. The lowest BCUT2D eigenvalue weighted by Crippen LogP contribution is -2.23. The number of hydrogen-bond acceptors (Lipinski definition) is 0. The molecule has 0 aliphatic heterocycles. The van der Waals surface area contributed by atoms with Crippen molar-refractivity contribution in [3.05, 3.63) is 35.5 Å². The van der Waals surface area contributed by atoms with Gasteiger partial charge in [0, 0.05) is 16.8 Å². The summed E-state index contributed by atoms with van der Waals surface area (Å²) in [6, 6.07) is 2.08. The third-order valence-electron chi connectivity index (χ3n) is 1.92. The average molecular weight is 177 g/mol. The summed E-state index contributed by atoms with van der Waals surface area (Å²) in [7, 11) is 0. The molecule has 1 N–H and O–H groups in total. The van der Waals surface area contributed by atoms with Crippen LogP contribution in [0.4, 0.5) is 0 Å². The molecule has 1 heterocycles. The maximum Gasteiger partial charge on any atom is 0.0415 e. The van der Waals surface area contributed by atoms with Crippen LogP contribution in [0.2, 0.25) is 0 Å². The van der Waals surface area contributed by atoms with E-state index in [9.17, 15) is 0 Å². The van der Waals surface area contributed by atoms with Gasteiger partial charge in [0.05, 0.1) is 0 Å². The van der Waals surface area contributed by atoms with Crippen molar-refractivity contribution in [1.82, 2.24) is 4.98 Å². The minimum atomic E-state index is 0. The molecule has 0 spiro atoms. The number of aromatic nitrogens is 1. The zero-order chi connectivity index (χ0) is 8.97. The molecule has 0 radical (unpaired) electrons. The van der Waals surface area contributed by atoms with Gasteiger partial charge in [-0.1, -0.05) is 33.1 Å². The molecule has 0 amide bonds. The molecule has 13 heavy (non-hydrogen) atoms. The first-order valence-corrected chi connectivity index (χ1v) is 4.26. The lowest BCUT2D eigenvalue weighted by molar-refractivity contribution is 1.23. The van der Waals surface area contributed by atoms with Gasteiger partial charge in [0.1, 0.15) is 0 Å². The van der Waals surface area contributed by atoms with Crippen LogP contribution < -0.4 is 10.6 Å². The second-order valence-corrected chi connectivity index (χ2v) is 2.80. The zero-order valence-corrected chi connectivity index (χ0v) is 7.72. The molecule has 1 rings (SSSR count). The highest BCUT2D eigenvalue weighted by Crippen LogP contribution is 1.87. The van der Waals surface area contributed by atoms with Crippen LogP contribution in [0.1, 0.15) is 27.7 Å². The van der Waals surface area contributed by atoms with E-state index in [1.54, 1.807) is 0 Å². The van der Waals surface area contributed by atoms with Crippen molar-refractivity contribution in [3.8, 4) is 0 Å². The third kappa shape index (κ3) is 2.62. The van der Waals surface area contributed by atoms with Gasteiger partial charge in [-0.05, 0) is 25.0 Å². The van der Waals surface area contributed by atoms with Crippen molar-refractivity contribution in [1.29, 1.82) is 0 Å². The van der Waals surface area contributed by atoms with Crippen molar-refractivity contribution in [2.75, 3.05) is 0 Å². The Bertz CT molecular complexity index is 368. The molecule has 0 unspecified atom stereocenters. The number of H-pyrrole nitrogens is 1. The van der Waals surface area contributed by atoms with Crippen molar-refractivity contribution in [2.24, 2.45) is 0 Å². The lowest BCUT2D eigenvalue weighted by atomic mass is 10.2. The molecule has 0 saturated heterocycles. The Morgan fingerprint density at radius 3 is 2.85 bits per heavy atom. The van der Waals surface area contributed by atoms with E-state index in [4.69, 9.17) is 0 Å². The number of aromatic amines is 1. The van der Waals surface area contributed by atoms with E-state index in [0.717, 1.165) is 6.42 Å². The van der Waals surface area contributed by atoms with Gasteiger partial charge < -0.3 is 4.98 Å². The van der Waals surface area contributed by atoms with Crippen molar-refractivity contribution < 1.29 is 0 Å². The van der Waals surface area contributed by atoms with Gasteiger partial charge in [0.2, 0.25) is 0 Å². The summed E-state index contributed by atoms with van der Waals surface area (Å²) in [6.07, 6.45) is 7.08. The van der Waals surface area contributed by atoms with Gasteiger partial charge >= 0.3 is 0 Å². The summed E-state index contributed by atoms with van der Waals surface area (Å²) in [5, 5.41) is 2.46. The minimum absolute atomic E-state index is 0. The van der Waals surface area contributed by atoms with Crippen LogP contribution in [0.25, 0.3) is 11.6 Å². The van der Waals surface area contributed by atoms with Crippen LogP contribution >= 0.6 is 0 Å². The molecule has 0 aromatic carbocycles. The number of allylic oxidation sites excluding steroid dienone is 1. The molecule has 0 atom stereocenters. The Morgan fingerprint density at radius 2 is 2.31 bits per heavy atom. The first kappa shape index (κ1) is 11.8. The predicted octanol–water partition coefficient (Wildman–Crippen LogP) is 2.20. The Labute approximate surface area is 80.5 Å². The third-order valence-corrected chi connectivity index (χ3v) is 1.92. The molecule has 0 fully saturated rings. The van der Waals surface area contributed by atoms with Gasteiger partial charge in [0.15, 0.2) is 0 Å². The van der Waals surface area contributed by atoms with Gasteiger partial charge in [0.25, 0.3) is 0 Å². The fourth-order valence-corrected chi connectivity index (χ4v) is 1.21. The van der Waals surface area contributed by atoms with Crippen LogP contribution in [0.5, 0.6) is 0 Å². The molecule has 1 aromatic rings. The number of rotatable bonds is 2. The molecule has 1 heteroatoms. The van der Waals surface area contributed by atoms with Crippen LogP contribution in [0.15, 0.2) is 24.9 Å². The maximum atomic E-state index is 3.75. The fourth-order valence-electron chi connectivity index (χ4n) is 1.21. The highest BCUT2D eigenvalue weighted by Gasteiger charge is 1.87. The summed E-state index contributed by atoms with van der Waals surface area (Å²) < 4.78 is 0. The monoisotopic (exact) mass is 177 g/mol. The van der Waals surface area contributed by atoms with Crippen LogP contribution in [0.3, 0.4) is 0 Å². The molecule has 1 nitrogen and oxygen atoms in total. The molecular formula is C12H19N. The first-order valence-electron chi connectivity index (χ1n) is 4.26. The molecule has 72 valence electrons. The second-order valence-electron chi connectivity index (χ2n) is 2.80. The van der Waals surface area contributed by atoms with Crippen LogP contribution in [0, 0.1) is 0 Å². The molecule has 0 saturated carbocycles. The standard InChI is InChI=1S/C11H15N.CH4/c1-4-6-11-10(7-8-12-11)9(3)5-2;/h5-8,12H,2,4H2,1,3H3;1H4/b10-9-,11-6+;. The van der Waals surface area contributed by atoms with E-state index < -0.39 is 0 Å². The maximum absolute atomic E-state index is 3.75. The first-order chi connectivity index (χ1) is 5.79. The van der Waals surface area contributed by atoms with Crippen molar-refractivity contribution in [2.45, 2.75) is 27.7 Å². The highest BCUT2D eigenvalue weighted by molar-refractivity contribution is 5.53. The normalized spacial score (nSPS) is 13.5. The largest absolute Gasteiger partial charge is 0.361 e. The molecule has 0 bridgehead atoms. The number of hydrogen-bond donors (Lipinski definition) is 1. The quantitative estimate of drug-likeness (QED) is 0.713. The zero-order valence-electron chi connectivity index (χ0n) is 7.72. The average Bonchev–Trinajstić information content (AvgIpc) is 2.52. The van der Waals surface area contributed by atoms with Crippen LogP contribution in [-0.2, 0) is 0 Å². The van der Waals surface area contributed by atoms with E-state index in [1.807, 2.05) is 12.3 Å².